The molecule has 1 amide bonds. The second kappa shape index (κ2) is 8.23. The van der Waals surface area contributed by atoms with Crippen LogP contribution >= 0.6 is 22.6 Å². The van der Waals surface area contributed by atoms with Crippen molar-refractivity contribution in [3.05, 3.63) is 50.6 Å². The molecular formula is C18H20INO4. The molecule has 0 fully saturated rings. The van der Waals surface area contributed by atoms with Crippen molar-refractivity contribution in [1.29, 1.82) is 0 Å². The minimum atomic E-state index is -0.167. The Kier molecular flexibility index (Phi) is 6.30. The van der Waals surface area contributed by atoms with Crippen LogP contribution in [0.25, 0.3) is 0 Å². The number of amides is 1. The first-order valence-corrected chi connectivity index (χ1v) is 8.41. The van der Waals surface area contributed by atoms with Crippen LogP contribution in [0.3, 0.4) is 0 Å². The van der Waals surface area contributed by atoms with Crippen molar-refractivity contribution in [2.45, 2.75) is 13.5 Å². The van der Waals surface area contributed by atoms with Gasteiger partial charge in [0.15, 0.2) is 11.5 Å². The van der Waals surface area contributed by atoms with Crippen molar-refractivity contribution in [3.8, 4) is 17.2 Å². The number of carbonyl (C=O) groups is 1. The molecule has 0 radical (unpaired) electrons. The number of rotatable bonds is 6. The Morgan fingerprint density at radius 1 is 1.00 bits per heavy atom. The first kappa shape index (κ1) is 18.4. The number of aryl methyl sites for hydroxylation is 1. The van der Waals surface area contributed by atoms with Gasteiger partial charge in [0, 0.05) is 10.1 Å². The zero-order valence-corrected chi connectivity index (χ0v) is 16.3. The van der Waals surface area contributed by atoms with Gasteiger partial charge in [-0.05, 0) is 58.8 Å². The van der Waals surface area contributed by atoms with E-state index in [1.807, 2.05) is 25.1 Å². The van der Waals surface area contributed by atoms with E-state index in [0.717, 1.165) is 20.4 Å². The maximum Gasteiger partial charge on any atom is 0.252 e. The fraction of sp³-hybridized carbons (Fsp3) is 0.278. The monoisotopic (exact) mass is 441 g/mol. The summed E-state index contributed by atoms with van der Waals surface area (Å²) in [4.78, 5) is 12.5. The molecular weight excluding hydrogens is 421 g/mol. The van der Waals surface area contributed by atoms with E-state index in [1.165, 1.54) is 0 Å². The normalized spacial score (nSPS) is 10.2. The van der Waals surface area contributed by atoms with Crippen molar-refractivity contribution >= 4 is 28.5 Å². The Morgan fingerprint density at radius 2 is 1.62 bits per heavy atom. The molecule has 0 aliphatic heterocycles. The van der Waals surface area contributed by atoms with Gasteiger partial charge in [0.1, 0.15) is 5.75 Å². The average Bonchev–Trinajstić information content (AvgIpc) is 2.60. The number of benzene rings is 2. The summed E-state index contributed by atoms with van der Waals surface area (Å²) in [6.45, 7) is 2.40. The van der Waals surface area contributed by atoms with Gasteiger partial charge >= 0.3 is 0 Å². The van der Waals surface area contributed by atoms with Gasteiger partial charge in [-0.1, -0.05) is 12.1 Å². The molecule has 0 spiro atoms. The standard InChI is InChI=1S/C18H20INO4/c1-11-5-6-12(7-15(11)22-2)10-20-18(21)13-8-16(23-3)17(24-4)9-14(13)19/h5-9H,10H2,1-4H3,(H,20,21). The lowest BCUT2D eigenvalue weighted by Gasteiger charge is -2.13. The zero-order valence-electron chi connectivity index (χ0n) is 14.1. The quantitative estimate of drug-likeness (QED) is 0.697. The van der Waals surface area contributed by atoms with Crippen LogP contribution in [0, 0.1) is 10.5 Å². The largest absolute Gasteiger partial charge is 0.496 e. The SMILES string of the molecule is COc1cc(CNC(=O)c2cc(OC)c(OC)cc2I)ccc1C. The molecule has 24 heavy (non-hydrogen) atoms. The molecule has 0 saturated heterocycles. The van der Waals surface area contributed by atoms with E-state index in [9.17, 15) is 4.79 Å². The van der Waals surface area contributed by atoms with Gasteiger partial charge in [0.2, 0.25) is 0 Å². The van der Waals surface area contributed by atoms with Crippen molar-refractivity contribution < 1.29 is 19.0 Å². The molecule has 0 saturated carbocycles. The van der Waals surface area contributed by atoms with Gasteiger partial charge < -0.3 is 19.5 Å². The topological polar surface area (TPSA) is 56.8 Å². The molecule has 0 heterocycles. The van der Waals surface area contributed by atoms with Crippen LogP contribution in [0.5, 0.6) is 17.2 Å². The number of hydrogen-bond donors (Lipinski definition) is 1. The Balaban J connectivity index is 2.15. The number of ether oxygens (including phenoxy) is 3. The molecule has 0 unspecified atom stereocenters. The Morgan fingerprint density at radius 3 is 2.25 bits per heavy atom. The van der Waals surface area contributed by atoms with E-state index in [0.29, 0.717) is 23.6 Å². The highest BCUT2D eigenvalue weighted by atomic mass is 127. The van der Waals surface area contributed by atoms with Crippen molar-refractivity contribution in [1.82, 2.24) is 5.32 Å². The van der Waals surface area contributed by atoms with E-state index in [2.05, 4.69) is 27.9 Å². The van der Waals surface area contributed by atoms with E-state index in [4.69, 9.17) is 14.2 Å². The number of hydrogen-bond acceptors (Lipinski definition) is 4. The third-order valence-electron chi connectivity index (χ3n) is 3.64. The van der Waals surface area contributed by atoms with Crippen molar-refractivity contribution in [2.75, 3.05) is 21.3 Å². The molecule has 2 rings (SSSR count). The highest BCUT2D eigenvalue weighted by molar-refractivity contribution is 14.1. The second-order valence-electron chi connectivity index (χ2n) is 5.17. The summed E-state index contributed by atoms with van der Waals surface area (Å²) in [7, 11) is 4.75. The minimum Gasteiger partial charge on any atom is -0.496 e. The molecule has 0 bridgehead atoms. The van der Waals surface area contributed by atoms with Crippen molar-refractivity contribution in [2.24, 2.45) is 0 Å². The molecule has 0 aromatic heterocycles. The Labute approximate surface area is 155 Å². The van der Waals surface area contributed by atoms with E-state index in [-0.39, 0.29) is 5.91 Å². The fourth-order valence-corrected chi connectivity index (χ4v) is 2.96. The van der Waals surface area contributed by atoms with E-state index >= 15 is 0 Å². The van der Waals surface area contributed by atoms with Gasteiger partial charge in [-0.15, -0.1) is 0 Å². The molecule has 1 N–H and O–H groups in total. The summed E-state index contributed by atoms with van der Waals surface area (Å²) in [5, 5.41) is 2.92. The third kappa shape index (κ3) is 4.11. The maximum absolute atomic E-state index is 12.5. The molecule has 2 aromatic rings. The van der Waals surface area contributed by atoms with E-state index < -0.39 is 0 Å². The molecule has 0 aliphatic carbocycles. The number of methoxy groups -OCH3 is 3. The van der Waals surface area contributed by atoms with Gasteiger partial charge in [-0.25, -0.2) is 0 Å². The first-order chi connectivity index (χ1) is 11.5. The summed E-state index contributed by atoms with van der Waals surface area (Å²) >= 11 is 2.11. The molecule has 128 valence electrons. The lowest BCUT2D eigenvalue weighted by Crippen LogP contribution is -2.23. The predicted molar refractivity (Wildman–Crippen MR) is 101 cm³/mol. The summed E-state index contributed by atoms with van der Waals surface area (Å²) in [6, 6.07) is 9.34. The zero-order chi connectivity index (χ0) is 17.7. The molecule has 5 nitrogen and oxygen atoms in total. The van der Waals surface area contributed by atoms with Crippen LogP contribution in [0.1, 0.15) is 21.5 Å². The Hall–Kier alpha value is -1.96. The van der Waals surface area contributed by atoms with Crippen LogP contribution in [0.4, 0.5) is 0 Å². The van der Waals surface area contributed by atoms with Gasteiger partial charge in [0.05, 0.1) is 26.9 Å². The first-order valence-electron chi connectivity index (χ1n) is 7.33. The van der Waals surface area contributed by atoms with Crippen molar-refractivity contribution in [3.63, 3.8) is 0 Å². The maximum atomic E-state index is 12.5. The van der Waals surface area contributed by atoms with Crippen LogP contribution in [0.2, 0.25) is 0 Å². The lowest BCUT2D eigenvalue weighted by molar-refractivity contribution is 0.0949. The van der Waals surface area contributed by atoms with Gasteiger partial charge in [-0.2, -0.15) is 0 Å². The number of nitrogens with one attached hydrogen (secondary N) is 1. The summed E-state index contributed by atoms with van der Waals surface area (Å²) < 4.78 is 16.6. The second-order valence-corrected chi connectivity index (χ2v) is 6.34. The van der Waals surface area contributed by atoms with Crippen LogP contribution in [-0.2, 0) is 6.54 Å². The molecule has 6 heteroatoms. The lowest BCUT2D eigenvalue weighted by atomic mass is 10.1. The minimum absolute atomic E-state index is 0.167. The van der Waals surface area contributed by atoms with Crippen LogP contribution < -0.4 is 19.5 Å². The summed E-state index contributed by atoms with van der Waals surface area (Å²) in [5.74, 6) is 1.77. The molecule has 0 atom stereocenters. The summed E-state index contributed by atoms with van der Waals surface area (Å²) in [6.07, 6.45) is 0. The van der Waals surface area contributed by atoms with E-state index in [1.54, 1.807) is 33.5 Å². The van der Waals surface area contributed by atoms with Gasteiger partial charge in [0.25, 0.3) is 5.91 Å². The smallest absolute Gasteiger partial charge is 0.252 e. The third-order valence-corrected chi connectivity index (χ3v) is 4.54. The number of carbonyl (C=O) groups excluding carboxylic acids is 1. The fourth-order valence-electron chi connectivity index (χ4n) is 2.28. The Bertz CT molecular complexity index is 746. The van der Waals surface area contributed by atoms with Crippen LogP contribution in [0.15, 0.2) is 30.3 Å². The van der Waals surface area contributed by atoms with Gasteiger partial charge in [-0.3, -0.25) is 4.79 Å². The highest BCUT2D eigenvalue weighted by Gasteiger charge is 2.15. The molecule has 0 aliphatic rings. The van der Waals surface area contributed by atoms with Crippen LogP contribution in [-0.4, -0.2) is 27.2 Å². The number of halogens is 1. The predicted octanol–water partition coefficient (Wildman–Crippen LogP) is 3.56. The molecule has 2 aromatic carbocycles. The summed E-state index contributed by atoms with van der Waals surface area (Å²) in [5.41, 5.74) is 2.58. The average molecular weight is 441 g/mol. The highest BCUT2D eigenvalue weighted by Crippen LogP contribution is 2.31.